The maximum absolute atomic E-state index is 12.3. The van der Waals surface area contributed by atoms with Crippen LogP contribution in [0.25, 0.3) is 0 Å². The van der Waals surface area contributed by atoms with Gasteiger partial charge in [-0.15, -0.1) is 11.3 Å². The predicted octanol–water partition coefficient (Wildman–Crippen LogP) is 2.77. The molecule has 0 saturated heterocycles. The van der Waals surface area contributed by atoms with Gasteiger partial charge in [-0.1, -0.05) is 0 Å². The maximum Gasteiger partial charge on any atom is 0.174 e. The lowest BCUT2D eigenvalue weighted by Gasteiger charge is -2.19. The largest absolute Gasteiger partial charge is 0.293 e. The summed E-state index contributed by atoms with van der Waals surface area (Å²) in [4.78, 5) is 29.6. The van der Waals surface area contributed by atoms with Crippen molar-refractivity contribution >= 4 is 22.9 Å². The Bertz CT molecular complexity index is 603. The quantitative estimate of drug-likeness (QED) is 0.614. The minimum atomic E-state index is -0.519. The highest BCUT2D eigenvalue weighted by atomic mass is 32.1. The van der Waals surface area contributed by atoms with E-state index in [1.807, 2.05) is 11.4 Å². The molecule has 1 unspecified atom stereocenters. The van der Waals surface area contributed by atoms with Crippen molar-refractivity contribution in [3.8, 4) is 0 Å². The highest BCUT2D eigenvalue weighted by molar-refractivity contribution is 7.10. The molecule has 90 valence electrons. The molecule has 3 nitrogen and oxygen atoms in total. The van der Waals surface area contributed by atoms with Gasteiger partial charge >= 0.3 is 0 Å². The summed E-state index contributed by atoms with van der Waals surface area (Å²) >= 11 is 1.60. The van der Waals surface area contributed by atoms with E-state index in [2.05, 4.69) is 4.98 Å². The van der Waals surface area contributed by atoms with E-state index in [0.717, 1.165) is 16.9 Å². The van der Waals surface area contributed by atoms with Crippen molar-refractivity contribution in [3.63, 3.8) is 0 Å². The molecule has 1 aliphatic carbocycles. The molecule has 0 aliphatic heterocycles. The number of rotatable bonds is 2. The van der Waals surface area contributed by atoms with Crippen LogP contribution < -0.4 is 0 Å². The Kier molecular flexibility index (Phi) is 2.80. The third-order valence-electron chi connectivity index (χ3n) is 3.27. The van der Waals surface area contributed by atoms with Crippen molar-refractivity contribution in [2.45, 2.75) is 12.8 Å². The molecule has 0 saturated carbocycles. The van der Waals surface area contributed by atoms with Gasteiger partial charge in [-0.3, -0.25) is 14.6 Å². The lowest BCUT2D eigenvalue weighted by molar-refractivity contribution is 0.0791. The lowest BCUT2D eigenvalue weighted by Crippen LogP contribution is -2.28. The van der Waals surface area contributed by atoms with E-state index in [1.54, 1.807) is 35.9 Å². The first kappa shape index (κ1) is 11.3. The number of thiophene rings is 1. The SMILES string of the molecule is O=C(c1ccncc1)C1CCc2sccc2C1=O. The van der Waals surface area contributed by atoms with Gasteiger partial charge in [0.25, 0.3) is 0 Å². The summed E-state index contributed by atoms with van der Waals surface area (Å²) in [6.07, 6.45) is 4.60. The van der Waals surface area contributed by atoms with Crippen LogP contribution in [0.2, 0.25) is 0 Å². The molecule has 4 heteroatoms. The molecule has 0 amide bonds. The summed E-state index contributed by atoms with van der Waals surface area (Å²) in [7, 11) is 0. The molecule has 2 heterocycles. The van der Waals surface area contributed by atoms with Gasteiger partial charge in [0.15, 0.2) is 11.6 Å². The summed E-state index contributed by atoms with van der Waals surface area (Å²) in [6.45, 7) is 0. The molecule has 1 aliphatic rings. The average molecular weight is 257 g/mol. The zero-order chi connectivity index (χ0) is 12.5. The number of Topliss-reactive ketones (excluding diaryl/α,β-unsaturated/α-hetero) is 2. The second kappa shape index (κ2) is 4.46. The molecule has 0 aromatic carbocycles. The molecule has 1 atom stereocenters. The van der Waals surface area contributed by atoms with Crippen molar-refractivity contribution in [1.82, 2.24) is 4.98 Å². The predicted molar refractivity (Wildman–Crippen MR) is 69.0 cm³/mol. The van der Waals surface area contributed by atoms with Crippen molar-refractivity contribution in [1.29, 1.82) is 0 Å². The number of nitrogens with zero attached hydrogens (tertiary/aromatic N) is 1. The van der Waals surface area contributed by atoms with Crippen LogP contribution in [0, 0.1) is 5.92 Å². The highest BCUT2D eigenvalue weighted by Gasteiger charge is 2.33. The molecule has 0 radical (unpaired) electrons. The number of pyridine rings is 1. The topological polar surface area (TPSA) is 47.0 Å². The zero-order valence-corrected chi connectivity index (χ0v) is 10.4. The first-order chi connectivity index (χ1) is 8.77. The van der Waals surface area contributed by atoms with Gasteiger partial charge in [0, 0.05) is 28.4 Å². The molecule has 3 rings (SSSR count). The van der Waals surface area contributed by atoms with Crippen molar-refractivity contribution in [2.24, 2.45) is 5.92 Å². The number of hydrogen-bond acceptors (Lipinski definition) is 4. The Morgan fingerprint density at radius 1 is 1.28 bits per heavy atom. The second-order valence-corrected chi connectivity index (χ2v) is 5.31. The summed E-state index contributed by atoms with van der Waals surface area (Å²) in [6, 6.07) is 5.16. The van der Waals surface area contributed by atoms with Crippen LogP contribution in [0.4, 0.5) is 0 Å². The zero-order valence-electron chi connectivity index (χ0n) is 9.63. The van der Waals surface area contributed by atoms with Crippen LogP contribution in [0.3, 0.4) is 0 Å². The van der Waals surface area contributed by atoms with Crippen molar-refractivity contribution in [2.75, 3.05) is 0 Å². The van der Waals surface area contributed by atoms with E-state index in [0.29, 0.717) is 12.0 Å². The maximum atomic E-state index is 12.3. The Balaban J connectivity index is 1.92. The van der Waals surface area contributed by atoms with Gasteiger partial charge in [-0.25, -0.2) is 0 Å². The molecule has 0 bridgehead atoms. The van der Waals surface area contributed by atoms with Crippen LogP contribution in [-0.2, 0) is 6.42 Å². The van der Waals surface area contributed by atoms with Crippen LogP contribution in [0.1, 0.15) is 32.0 Å². The summed E-state index contributed by atoms with van der Waals surface area (Å²) < 4.78 is 0. The number of carbonyl (C=O) groups is 2. The monoisotopic (exact) mass is 257 g/mol. The first-order valence-corrected chi connectivity index (χ1v) is 6.70. The van der Waals surface area contributed by atoms with E-state index >= 15 is 0 Å². The number of carbonyl (C=O) groups excluding carboxylic acids is 2. The molecule has 18 heavy (non-hydrogen) atoms. The van der Waals surface area contributed by atoms with Crippen LogP contribution >= 0.6 is 11.3 Å². The fourth-order valence-electron chi connectivity index (χ4n) is 2.32. The normalized spacial score (nSPS) is 18.4. The third-order valence-corrected chi connectivity index (χ3v) is 4.25. The first-order valence-electron chi connectivity index (χ1n) is 5.82. The van der Waals surface area contributed by atoms with Gasteiger partial charge in [-0.2, -0.15) is 0 Å². The van der Waals surface area contributed by atoms with E-state index in [-0.39, 0.29) is 11.6 Å². The minimum absolute atomic E-state index is 0.0284. The number of ketones is 2. The Hall–Kier alpha value is -1.81. The third kappa shape index (κ3) is 1.78. The summed E-state index contributed by atoms with van der Waals surface area (Å²) in [5.74, 6) is -0.631. The molecule has 2 aromatic rings. The van der Waals surface area contributed by atoms with E-state index in [4.69, 9.17) is 0 Å². The van der Waals surface area contributed by atoms with E-state index in [9.17, 15) is 9.59 Å². The second-order valence-electron chi connectivity index (χ2n) is 4.31. The molecule has 0 spiro atoms. The van der Waals surface area contributed by atoms with Gasteiger partial charge < -0.3 is 0 Å². The van der Waals surface area contributed by atoms with Crippen LogP contribution in [0.15, 0.2) is 36.0 Å². The smallest absolute Gasteiger partial charge is 0.174 e. The Morgan fingerprint density at radius 3 is 2.83 bits per heavy atom. The molecular weight excluding hydrogens is 246 g/mol. The molecule has 0 N–H and O–H groups in total. The van der Waals surface area contributed by atoms with Crippen molar-refractivity contribution < 1.29 is 9.59 Å². The fraction of sp³-hybridized carbons (Fsp3) is 0.214. The molecule has 0 fully saturated rings. The fourth-order valence-corrected chi connectivity index (χ4v) is 3.22. The van der Waals surface area contributed by atoms with Gasteiger partial charge in [0.2, 0.25) is 0 Å². The number of hydrogen-bond donors (Lipinski definition) is 0. The number of aryl methyl sites for hydroxylation is 1. The average Bonchev–Trinajstić information content (AvgIpc) is 2.89. The van der Waals surface area contributed by atoms with Crippen LogP contribution in [-0.4, -0.2) is 16.6 Å². The summed E-state index contributed by atoms with van der Waals surface area (Å²) in [5, 5.41) is 1.92. The molecule has 2 aromatic heterocycles. The number of aromatic nitrogens is 1. The molecular formula is C14H11NO2S. The van der Waals surface area contributed by atoms with Crippen molar-refractivity contribution in [3.05, 3.63) is 52.0 Å². The van der Waals surface area contributed by atoms with Crippen LogP contribution in [0.5, 0.6) is 0 Å². The Labute approximate surface area is 108 Å². The van der Waals surface area contributed by atoms with Gasteiger partial charge in [0.05, 0.1) is 5.92 Å². The Morgan fingerprint density at radius 2 is 2.06 bits per heavy atom. The minimum Gasteiger partial charge on any atom is -0.293 e. The standard InChI is InChI=1S/C14H11NO2S/c16-13(9-3-6-15-7-4-9)11-1-2-12-10(14(11)17)5-8-18-12/h3-8,11H,1-2H2. The lowest BCUT2D eigenvalue weighted by atomic mass is 9.82. The van der Waals surface area contributed by atoms with E-state index in [1.165, 1.54) is 0 Å². The van der Waals surface area contributed by atoms with E-state index < -0.39 is 5.92 Å². The summed E-state index contributed by atoms with van der Waals surface area (Å²) in [5.41, 5.74) is 1.31. The van der Waals surface area contributed by atoms with Gasteiger partial charge in [0.1, 0.15) is 0 Å². The van der Waals surface area contributed by atoms with Gasteiger partial charge in [-0.05, 0) is 36.4 Å². The number of fused-ring (bicyclic) bond motifs is 1. The highest BCUT2D eigenvalue weighted by Crippen LogP contribution is 2.31.